The molecule has 1 aromatic carbocycles. The topological polar surface area (TPSA) is 18.5 Å². The summed E-state index contributed by atoms with van der Waals surface area (Å²) < 4.78 is 24.5. The van der Waals surface area contributed by atoms with Gasteiger partial charge in [-0.3, -0.25) is 0 Å². The third kappa shape index (κ3) is 3.99. The molecule has 0 aromatic heterocycles. The van der Waals surface area contributed by atoms with E-state index >= 15 is 0 Å². The summed E-state index contributed by atoms with van der Waals surface area (Å²) in [7, 11) is 1.38. The van der Waals surface area contributed by atoms with E-state index in [-0.39, 0.29) is 11.9 Å². The second-order valence-corrected chi connectivity index (χ2v) is 5.50. The Morgan fingerprint density at radius 3 is 2.41 bits per heavy atom. The van der Waals surface area contributed by atoms with Crippen molar-refractivity contribution in [2.75, 3.05) is 0 Å². The Morgan fingerprint density at radius 1 is 1.12 bits per heavy atom. The molecule has 17 heavy (non-hydrogen) atoms. The first-order chi connectivity index (χ1) is 8.29. The molecule has 0 bridgehead atoms. The van der Waals surface area contributed by atoms with Crippen LogP contribution in [0, 0.1) is 5.82 Å². The number of rotatable bonds is 4. The summed E-state index contributed by atoms with van der Waals surface area (Å²) in [6, 6.07) is 6.57. The summed E-state index contributed by atoms with van der Waals surface area (Å²) in [5.74, 6) is 0.0776. The highest BCUT2D eigenvalue weighted by molar-refractivity contribution is 14.2. The highest BCUT2D eigenvalue weighted by atomic mass is 127. The van der Waals surface area contributed by atoms with E-state index in [9.17, 15) is 4.39 Å². The summed E-state index contributed by atoms with van der Waals surface area (Å²) in [6.07, 6.45) is 4.25. The first kappa shape index (κ1) is 13.4. The number of ether oxygens (including phenoxy) is 1. The van der Waals surface area contributed by atoms with Gasteiger partial charge in [0.25, 0.3) is 0 Å². The van der Waals surface area contributed by atoms with Crippen LogP contribution in [0.4, 0.5) is 4.39 Å². The standard InChI is InChI=1S/C12H14FIO2S/c13-11-3-1-2-4-12(11)15-9-5-7-10(8-6-9)16-17-14/h1-4,9-10H,5-8H2/t9-,10-. The van der Waals surface area contributed by atoms with Crippen LogP contribution in [-0.2, 0) is 4.18 Å². The Balaban J connectivity index is 1.84. The van der Waals surface area contributed by atoms with E-state index in [1.807, 2.05) is 0 Å². The van der Waals surface area contributed by atoms with Crippen LogP contribution in [0.15, 0.2) is 24.3 Å². The summed E-state index contributed by atoms with van der Waals surface area (Å²) in [5, 5.41) is 0. The lowest BCUT2D eigenvalue weighted by atomic mass is 9.95. The Bertz CT molecular complexity index is 356. The summed E-state index contributed by atoms with van der Waals surface area (Å²) >= 11 is 2.13. The third-order valence-corrected chi connectivity index (χ3v) is 3.89. The Kier molecular flexibility index (Phi) is 5.37. The van der Waals surface area contributed by atoms with Crippen molar-refractivity contribution in [3.8, 4) is 5.75 Å². The first-order valence-corrected chi connectivity index (χ1v) is 8.93. The number of hydrogen-bond acceptors (Lipinski definition) is 3. The summed E-state index contributed by atoms with van der Waals surface area (Å²) in [5.41, 5.74) is 0. The van der Waals surface area contributed by atoms with Crippen molar-refractivity contribution < 1.29 is 13.3 Å². The van der Waals surface area contributed by atoms with Gasteiger partial charge in [-0.15, -0.1) is 0 Å². The molecule has 0 saturated heterocycles. The lowest BCUT2D eigenvalue weighted by Crippen LogP contribution is -2.27. The highest BCUT2D eigenvalue weighted by Gasteiger charge is 2.23. The van der Waals surface area contributed by atoms with Crippen LogP contribution in [0.5, 0.6) is 5.75 Å². The SMILES string of the molecule is Fc1ccccc1O[C@H]1CC[C@H](OSI)CC1. The zero-order valence-corrected chi connectivity index (χ0v) is 12.2. The minimum absolute atomic E-state index is 0.117. The van der Waals surface area contributed by atoms with Gasteiger partial charge in [-0.2, -0.15) is 0 Å². The number of para-hydroxylation sites is 1. The van der Waals surface area contributed by atoms with Crippen molar-refractivity contribution in [1.29, 1.82) is 0 Å². The minimum atomic E-state index is -0.284. The van der Waals surface area contributed by atoms with Gasteiger partial charge in [-0.1, -0.05) is 12.1 Å². The van der Waals surface area contributed by atoms with E-state index in [1.165, 1.54) is 15.3 Å². The van der Waals surface area contributed by atoms with Crippen LogP contribution < -0.4 is 4.74 Å². The molecule has 0 heterocycles. The molecule has 0 spiro atoms. The van der Waals surface area contributed by atoms with Crippen LogP contribution in [0.2, 0.25) is 0 Å². The zero-order chi connectivity index (χ0) is 12.1. The molecule has 0 atom stereocenters. The molecule has 94 valence electrons. The maximum Gasteiger partial charge on any atom is 0.165 e. The molecule has 0 aliphatic heterocycles. The number of benzene rings is 1. The molecular formula is C12H14FIO2S. The van der Waals surface area contributed by atoms with Crippen molar-refractivity contribution in [1.82, 2.24) is 0 Å². The van der Waals surface area contributed by atoms with Crippen LogP contribution in [-0.4, -0.2) is 12.2 Å². The first-order valence-electron chi connectivity index (χ1n) is 5.65. The molecule has 1 fully saturated rings. The van der Waals surface area contributed by atoms with Gasteiger partial charge in [0.15, 0.2) is 11.6 Å². The van der Waals surface area contributed by atoms with Crippen LogP contribution >= 0.6 is 30.4 Å². The Labute approximate surface area is 117 Å². The van der Waals surface area contributed by atoms with E-state index in [0.717, 1.165) is 25.7 Å². The number of hydrogen-bond donors (Lipinski definition) is 0. The van der Waals surface area contributed by atoms with E-state index in [2.05, 4.69) is 21.2 Å². The van der Waals surface area contributed by atoms with Crippen molar-refractivity contribution in [3.05, 3.63) is 30.1 Å². The molecule has 0 radical (unpaired) electrons. The predicted octanol–water partition coefficient (Wildman–Crippen LogP) is 4.53. The number of halogens is 2. The van der Waals surface area contributed by atoms with Gasteiger partial charge in [0.1, 0.15) is 0 Å². The second-order valence-electron chi connectivity index (χ2n) is 4.11. The Morgan fingerprint density at radius 2 is 1.76 bits per heavy atom. The summed E-state index contributed by atoms with van der Waals surface area (Å²) in [4.78, 5) is 0. The molecule has 5 heteroatoms. The molecule has 1 aliphatic carbocycles. The fourth-order valence-electron chi connectivity index (χ4n) is 2.02. The van der Waals surface area contributed by atoms with Gasteiger partial charge in [0.05, 0.1) is 21.4 Å². The zero-order valence-electron chi connectivity index (χ0n) is 9.27. The molecule has 1 saturated carbocycles. The van der Waals surface area contributed by atoms with Gasteiger partial charge >= 0.3 is 0 Å². The highest BCUT2D eigenvalue weighted by Crippen LogP contribution is 2.29. The van der Waals surface area contributed by atoms with Gasteiger partial charge in [0.2, 0.25) is 0 Å². The molecule has 0 unspecified atom stereocenters. The van der Waals surface area contributed by atoms with E-state index in [4.69, 9.17) is 8.92 Å². The third-order valence-electron chi connectivity index (χ3n) is 2.92. The second kappa shape index (κ2) is 6.80. The molecule has 2 rings (SSSR count). The van der Waals surface area contributed by atoms with Gasteiger partial charge in [-0.25, -0.2) is 4.39 Å². The van der Waals surface area contributed by atoms with Crippen LogP contribution in [0.3, 0.4) is 0 Å². The quantitative estimate of drug-likeness (QED) is 0.575. The van der Waals surface area contributed by atoms with Gasteiger partial charge in [-0.05, 0) is 37.8 Å². The molecule has 0 N–H and O–H groups in total. The lowest BCUT2D eigenvalue weighted by Gasteiger charge is -2.27. The van der Waals surface area contributed by atoms with Crippen molar-refractivity contribution >= 4 is 30.4 Å². The fraction of sp³-hybridized carbons (Fsp3) is 0.500. The van der Waals surface area contributed by atoms with Gasteiger partial charge in [0, 0.05) is 21.2 Å². The van der Waals surface area contributed by atoms with Crippen molar-refractivity contribution in [2.24, 2.45) is 0 Å². The van der Waals surface area contributed by atoms with E-state index < -0.39 is 0 Å². The van der Waals surface area contributed by atoms with E-state index in [0.29, 0.717) is 11.9 Å². The maximum atomic E-state index is 13.4. The predicted molar refractivity (Wildman–Crippen MR) is 75.8 cm³/mol. The molecule has 1 aliphatic rings. The average molecular weight is 368 g/mol. The lowest BCUT2D eigenvalue weighted by molar-refractivity contribution is 0.0906. The van der Waals surface area contributed by atoms with Crippen LogP contribution in [0.25, 0.3) is 0 Å². The summed E-state index contributed by atoms with van der Waals surface area (Å²) in [6.45, 7) is 0. The average Bonchev–Trinajstić information content (AvgIpc) is 2.35. The van der Waals surface area contributed by atoms with Crippen molar-refractivity contribution in [3.63, 3.8) is 0 Å². The van der Waals surface area contributed by atoms with Crippen molar-refractivity contribution in [2.45, 2.75) is 37.9 Å². The fourth-order valence-corrected chi connectivity index (χ4v) is 3.19. The monoisotopic (exact) mass is 368 g/mol. The van der Waals surface area contributed by atoms with E-state index in [1.54, 1.807) is 18.2 Å². The maximum absolute atomic E-state index is 13.4. The van der Waals surface area contributed by atoms with Crippen LogP contribution in [0.1, 0.15) is 25.7 Å². The minimum Gasteiger partial charge on any atom is -0.487 e. The molecular weight excluding hydrogens is 354 g/mol. The largest absolute Gasteiger partial charge is 0.487 e. The molecule has 0 amide bonds. The molecule has 1 aromatic rings. The molecule has 2 nitrogen and oxygen atoms in total. The normalized spacial score (nSPS) is 24.6. The van der Waals surface area contributed by atoms with Gasteiger partial charge < -0.3 is 8.92 Å². The Hall–Kier alpha value is -0.0100. The smallest absolute Gasteiger partial charge is 0.165 e.